The fourth-order valence-electron chi connectivity index (χ4n) is 1.29. The van der Waals surface area contributed by atoms with Crippen molar-refractivity contribution in [3.63, 3.8) is 0 Å². The summed E-state index contributed by atoms with van der Waals surface area (Å²) < 4.78 is 7.84. The molecule has 1 aromatic heterocycles. The van der Waals surface area contributed by atoms with Crippen LogP contribution in [0.3, 0.4) is 0 Å². The molecule has 0 aliphatic rings. The number of ether oxygens (including phenoxy) is 1. The van der Waals surface area contributed by atoms with Gasteiger partial charge < -0.3 is 4.74 Å². The van der Waals surface area contributed by atoms with Gasteiger partial charge in [0, 0.05) is 11.6 Å². The molecule has 78 valence electrons. The summed E-state index contributed by atoms with van der Waals surface area (Å²) in [5.74, 6) is 0.792. The quantitative estimate of drug-likeness (QED) is 0.856. The lowest BCUT2D eigenvalue weighted by Gasteiger charge is -2.04. The van der Waals surface area contributed by atoms with E-state index >= 15 is 0 Å². The second kappa shape index (κ2) is 4.55. The van der Waals surface area contributed by atoms with Crippen LogP contribution >= 0.6 is 15.9 Å². The van der Waals surface area contributed by atoms with E-state index in [1.54, 1.807) is 11.8 Å². The molecule has 0 aliphatic carbocycles. The summed E-state index contributed by atoms with van der Waals surface area (Å²) >= 11 is 3.39. The monoisotopic (exact) mass is 267 g/mol. The van der Waals surface area contributed by atoms with Crippen LogP contribution in [-0.4, -0.2) is 21.9 Å². The predicted octanol–water partition coefficient (Wildman–Crippen LogP) is 2.18. The van der Waals surface area contributed by atoms with Crippen molar-refractivity contribution in [2.75, 3.05) is 7.11 Å². The van der Waals surface area contributed by atoms with E-state index in [-0.39, 0.29) is 0 Å². The molecular weight excluding hydrogens is 258 g/mol. The SMILES string of the molecule is COCc1ncnn1-c1ccc(Br)cc1. The molecule has 0 radical (unpaired) electrons. The van der Waals surface area contributed by atoms with E-state index in [1.807, 2.05) is 24.3 Å². The highest BCUT2D eigenvalue weighted by Gasteiger charge is 2.05. The standard InChI is InChI=1S/C10H10BrN3O/c1-15-6-10-12-7-13-14(10)9-4-2-8(11)3-5-9/h2-5,7H,6H2,1H3. The Balaban J connectivity index is 2.36. The number of methoxy groups -OCH3 is 1. The van der Waals surface area contributed by atoms with E-state index in [0.29, 0.717) is 6.61 Å². The van der Waals surface area contributed by atoms with Crippen LogP contribution in [0.4, 0.5) is 0 Å². The van der Waals surface area contributed by atoms with Crippen molar-refractivity contribution in [1.29, 1.82) is 0 Å². The van der Waals surface area contributed by atoms with Crippen LogP contribution in [0.5, 0.6) is 0 Å². The van der Waals surface area contributed by atoms with Gasteiger partial charge in [0.2, 0.25) is 0 Å². The number of rotatable bonds is 3. The van der Waals surface area contributed by atoms with Crippen molar-refractivity contribution in [1.82, 2.24) is 14.8 Å². The molecule has 0 atom stereocenters. The molecule has 4 nitrogen and oxygen atoms in total. The molecule has 0 spiro atoms. The fraction of sp³-hybridized carbons (Fsp3) is 0.200. The summed E-state index contributed by atoms with van der Waals surface area (Å²) in [4.78, 5) is 4.12. The topological polar surface area (TPSA) is 39.9 Å². The van der Waals surface area contributed by atoms with Gasteiger partial charge in [-0.1, -0.05) is 15.9 Å². The van der Waals surface area contributed by atoms with Gasteiger partial charge in [0.05, 0.1) is 5.69 Å². The molecule has 0 fully saturated rings. The largest absolute Gasteiger partial charge is 0.377 e. The summed E-state index contributed by atoms with van der Waals surface area (Å²) in [5.41, 5.74) is 0.975. The molecular formula is C10H10BrN3O. The molecule has 2 aromatic rings. The molecule has 2 rings (SSSR count). The average Bonchev–Trinajstić information content (AvgIpc) is 2.68. The molecule has 0 N–H and O–H groups in total. The van der Waals surface area contributed by atoms with Gasteiger partial charge >= 0.3 is 0 Å². The first-order valence-corrected chi connectivity index (χ1v) is 5.24. The zero-order valence-corrected chi connectivity index (χ0v) is 9.81. The van der Waals surface area contributed by atoms with Gasteiger partial charge in [0.15, 0.2) is 5.82 Å². The third kappa shape index (κ3) is 2.24. The van der Waals surface area contributed by atoms with Crippen molar-refractivity contribution in [3.05, 3.63) is 40.9 Å². The van der Waals surface area contributed by atoms with Crippen LogP contribution in [0, 0.1) is 0 Å². The maximum Gasteiger partial charge on any atom is 0.158 e. The highest BCUT2D eigenvalue weighted by Crippen LogP contribution is 2.14. The minimum atomic E-state index is 0.454. The van der Waals surface area contributed by atoms with Crippen molar-refractivity contribution in [2.24, 2.45) is 0 Å². The summed E-state index contributed by atoms with van der Waals surface area (Å²) in [6.45, 7) is 0.454. The van der Waals surface area contributed by atoms with Crippen molar-refractivity contribution in [2.45, 2.75) is 6.61 Å². The van der Waals surface area contributed by atoms with E-state index in [2.05, 4.69) is 26.0 Å². The molecule has 0 amide bonds. The van der Waals surface area contributed by atoms with Gasteiger partial charge in [0.1, 0.15) is 12.9 Å². The third-order valence-electron chi connectivity index (χ3n) is 1.96. The van der Waals surface area contributed by atoms with Gasteiger partial charge in [0.25, 0.3) is 0 Å². The highest BCUT2D eigenvalue weighted by molar-refractivity contribution is 9.10. The zero-order valence-electron chi connectivity index (χ0n) is 8.22. The second-order valence-electron chi connectivity index (χ2n) is 3.00. The molecule has 0 saturated heterocycles. The van der Waals surface area contributed by atoms with Gasteiger partial charge in [-0.05, 0) is 24.3 Å². The Labute approximate surface area is 96.0 Å². The Bertz CT molecular complexity index is 438. The van der Waals surface area contributed by atoms with Gasteiger partial charge in [-0.3, -0.25) is 0 Å². The van der Waals surface area contributed by atoms with Crippen LogP contribution in [0.1, 0.15) is 5.82 Å². The molecule has 0 bridgehead atoms. The summed E-state index contributed by atoms with van der Waals surface area (Å²) in [6.07, 6.45) is 1.52. The number of hydrogen-bond donors (Lipinski definition) is 0. The lowest BCUT2D eigenvalue weighted by atomic mass is 10.3. The van der Waals surface area contributed by atoms with Crippen molar-refractivity contribution < 1.29 is 4.74 Å². The predicted molar refractivity (Wildman–Crippen MR) is 59.8 cm³/mol. The lowest BCUT2D eigenvalue weighted by Crippen LogP contribution is -2.03. The molecule has 0 aliphatic heterocycles. The normalized spacial score (nSPS) is 10.5. The third-order valence-corrected chi connectivity index (χ3v) is 2.49. The van der Waals surface area contributed by atoms with Gasteiger partial charge in [-0.25, -0.2) is 9.67 Å². The Morgan fingerprint density at radius 1 is 1.33 bits per heavy atom. The number of benzene rings is 1. The molecule has 1 aromatic carbocycles. The first-order valence-electron chi connectivity index (χ1n) is 4.45. The molecule has 0 unspecified atom stereocenters. The van der Waals surface area contributed by atoms with Crippen LogP contribution in [0.2, 0.25) is 0 Å². The second-order valence-corrected chi connectivity index (χ2v) is 3.91. The maximum atomic E-state index is 5.04. The van der Waals surface area contributed by atoms with Crippen LogP contribution in [0.15, 0.2) is 35.1 Å². The molecule has 0 saturated carbocycles. The lowest BCUT2D eigenvalue weighted by molar-refractivity contribution is 0.176. The average molecular weight is 268 g/mol. The van der Waals surface area contributed by atoms with Crippen molar-refractivity contribution in [3.8, 4) is 5.69 Å². The minimum Gasteiger partial charge on any atom is -0.377 e. The van der Waals surface area contributed by atoms with Crippen LogP contribution in [-0.2, 0) is 11.3 Å². The fourth-order valence-corrected chi connectivity index (χ4v) is 1.56. The Kier molecular flexibility index (Phi) is 3.13. The first kappa shape index (κ1) is 10.3. The van der Waals surface area contributed by atoms with Gasteiger partial charge in [-0.2, -0.15) is 5.10 Å². The highest BCUT2D eigenvalue weighted by atomic mass is 79.9. The Hall–Kier alpha value is -1.20. The smallest absolute Gasteiger partial charge is 0.158 e. The summed E-state index contributed by atoms with van der Waals surface area (Å²) in [6, 6.07) is 7.87. The zero-order chi connectivity index (χ0) is 10.7. The van der Waals surface area contributed by atoms with E-state index in [4.69, 9.17) is 4.74 Å². The summed E-state index contributed by atoms with van der Waals surface area (Å²) in [7, 11) is 1.64. The summed E-state index contributed by atoms with van der Waals surface area (Å²) in [5, 5.41) is 4.14. The van der Waals surface area contributed by atoms with Crippen LogP contribution < -0.4 is 0 Å². The number of hydrogen-bond acceptors (Lipinski definition) is 3. The Morgan fingerprint density at radius 3 is 2.73 bits per heavy atom. The molecule has 5 heteroatoms. The van der Waals surface area contributed by atoms with E-state index < -0.39 is 0 Å². The van der Waals surface area contributed by atoms with Crippen LogP contribution in [0.25, 0.3) is 5.69 Å². The van der Waals surface area contributed by atoms with E-state index in [1.165, 1.54) is 6.33 Å². The first-order chi connectivity index (χ1) is 7.31. The minimum absolute atomic E-state index is 0.454. The van der Waals surface area contributed by atoms with Crippen molar-refractivity contribution >= 4 is 15.9 Å². The van der Waals surface area contributed by atoms with E-state index in [9.17, 15) is 0 Å². The molecule has 15 heavy (non-hydrogen) atoms. The Morgan fingerprint density at radius 2 is 2.07 bits per heavy atom. The van der Waals surface area contributed by atoms with Gasteiger partial charge in [-0.15, -0.1) is 0 Å². The molecule has 1 heterocycles. The maximum absolute atomic E-state index is 5.04. The van der Waals surface area contributed by atoms with E-state index in [0.717, 1.165) is 16.0 Å². The number of halogens is 1. The number of aromatic nitrogens is 3. The number of nitrogens with zero attached hydrogens (tertiary/aromatic N) is 3.